The average molecular weight is 307 g/mol. The van der Waals surface area contributed by atoms with Crippen LogP contribution in [-0.2, 0) is 0 Å². The molecule has 1 aliphatic rings. The Morgan fingerprint density at radius 1 is 1.19 bits per heavy atom. The minimum atomic E-state index is 0.215. The molecule has 0 radical (unpaired) electrons. The maximum atomic E-state index is 6.05. The number of aromatic nitrogens is 5. The van der Waals surface area contributed by atoms with Crippen molar-refractivity contribution in [2.24, 2.45) is 5.41 Å². The Hall–Kier alpha value is -1.69. The fraction of sp³-hybridized carbons (Fsp3) is 0.571. The summed E-state index contributed by atoms with van der Waals surface area (Å²) in [7, 11) is 0. The zero-order valence-electron chi connectivity index (χ0n) is 12.3. The molecule has 1 saturated heterocycles. The molecule has 0 unspecified atom stereocenters. The largest absolute Gasteiger partial charge is 0.341 e. The lowest BCUT2D eigenvalue weighted by molar-refractivity contribution is 0.237. The van der Waals surface area contributed by atoms with E-state index >= 15 is 0 Å². The Balaban J connectivity index is 1.83. The molecule has 1 fully saturated rings. The standard InChI is InChI=1S/C14H19ClN6/c1-3-14(2)4-7-20(8-5-14)12-17-11(15)18-13(19-12)21-9-6-16-10-21/h6,9-10H,3-5,7-8H2,1-2H3. The van der Waals surface area contributed by atoms with E-state index in [1.54, 1.807) is 23.3 Å². The first-order chi connectivity index (χ1) is 10.1. The van der Waals surface area contributed by atoms with Gasteiger partial charge in [0.2, 0.25) is 17.2 Å². The zero-order chi connectivity index (χ0) is 14.9. The van der Waals surface area contributed by atoms with Gasteiger partial charge in [0.25, 0.3) is 0 Å². The van der Waals surface area contributed by atoms with Gasteiger partial charge in [-0.2, -0.15) is 15.0 Å². The van der Waals surface area contributed by atoms with Crippen molar-refractivity contribution in [2.75, 3.05) is 18.0 Å². The molecule has 0 aliphatic carbocycles. The second kappa shape index (κ2) is 5.60. The van der Waals surface area contributed by atoms with Crippen LogP contribution in [0, 0.1) is 5.41 Å². The number of hydrogen-bond donors (Lipinski definition) is 0. The fourth-order valence-corrected chi connectivity index (χ4v) is 2.72. The summed E-state index contributed by atoms with van der Waals surface area (Å²) in [4.78, 5) is 19.1. The number of halogens is 1. The molecule has 0 N–H and O–H groups in total. The summed E-state index contributed by atoms with van der Waals surface area (Å²) in [5.41, 5.74) is 0.431. The van der Waals surface area contributed by atoms with E-state index in [4.69, 9.17) is 11.6 Å². The lowest BCUT2D eigenvalue weighted by atomic mass is 9.78. The molecular formula is C14H19ClN6. The van der Waals surface area contributed by atoms with Gasteiger partial charge in [0.1, 0.15) is 6.33 Å². The number of nitrogens with zero attached hydrogens (tertiary/aromatic N) is 6. The molecule has 0 bridgehead atoms. The Morgan fingerprint density at radius 2 is 1.90 bits per heavy atom. The first-order valence-corrected chi connectivity index (χ1v) is 7.62. The van der Waals surface area contributed by atoms with E-state index in [0.717, 1.165) is 25.9 Å². The fourth-order valence-electron chi connectivity index (χ4n) is 2.56. The monoisotopic (exact) mass is 306 g/mol. The summed E-state index contributed by atoms with van der Waals surface area (Å²) in [6.07, 6.45) is 8.63. The van der Waals surface area contributed by atoms with Crippen LogP contribution < -0.4 is 4.90 Å². The van der Waals surface area contributed by atoms with Crippen LogP contribution in [0.25, 0.3) is 5.95 Å². The van der Waals surface area contributed by atoms with Gasteiger partial charge in [-0.3, -0.25) is 4.57 Å². The molecule has 0 atom stereocenters. The van der Waals surface area contributed by atoms with Crippen molar-refractivity contribution >= 4 is 17.5 Å². The van der Waals surface area contributed by atoms with Gasteiger partial charge in [0, 0.05) is 25.5 Å². The molecule has 2 aromatic rings. The van der Waals surface area contributed by atoms with Crippen molar-refractivity contribution in [3.05, 3.63) is 24.0 Å². The van der Waals surface area contributed by atoms with Gasteiger partial charge in [-0.15, -0.1) is 0 Å². The molecule has 0 spiro atoms. The number of anilines is 1. The number of imidazole rings is 1. The quantitative estimate of drug-likeness (QED) is 0.872. The van der Waals surface area contributed by atoms with Crippen LogP contribution in [-0.4, -0.2) is 37.6 Å². The molecular weight excluding hydrogens is 288 g/mol. The van der Waals surface area contributed by atoms with Crippen LogP contribution in [0.4, 0.5) is 5.95 Å². The van der Waals surface area contributed by atoms with Crippen LogP contribution in [0.2, 0.25) is 5.28 Å². The van der Waals surface area contributed by atoms with Gasteiger partial charge < -0.3 is 4.90 Å². The summed E-state index contributed by atoms with van der Waals surface area (Å²) in [5.74, 6) is 1.16. The molecule has 7 heteroatoms. The van der Waals surface area contributed by atoms with E-state index in [0.29, 0.717) is 17.3 Å². The second-order valence-corrected chi connectivity index (χ2v) is 6.16. The van der Waals surface area contributed by atoms with Crippen molar-refractivity contribution in [2.45, 2.75) is 33.1 Å². The highest BCUT2D eigenvalue weighted by Crippen LogP contribution is 2.34. The molecule has 1 aliphatic heterocycles. The lowest BCUT2D eigenvalue weighted by Gasteiger charge is -2.38. The summed E-state index contributed by atoms with van der Waals surface area (Å²) in [6, 6.07) is 0. The molecule has 3 heterocycles. The minimum Gasteiger partial charge on any atom is -0.341 e. The molecule has 21 heavy (non-hydrogen) atoms. The minimum absolute atomic E-state index is 0.215. The van der Waals surface area contributed by atoms with Gasteiger partial charge >= 0.3 is 0 Å². The Kier molecular flexibility index (Phi) is 3.80. The molecule has 2 aromatic heterocycles. The van der Waals surface area contributed by atoms with E-state index in [2.05, 4.69) is 38.7 Å². The van der Waals surface area contributed by atoms with E-state index < -0.39 is 0 Å². The third-order valence-electron chi connectivity index (χ3n) is 4.43. The topological polar surface area (TPSA) is 59.7 Å². The van der Waals surface area contributed by atoms with Crippen LogP contribution in [0.5, 0.6) is 0 Å². The summed E-state index contributed by atoms with van der Waals surface area (Å²) >= 11 is 6.05. The van der Waals surface area contributed by atoms with Crippen molar-refractivity contribution in [3.63, 3.8) is 0 Å². The van der Waals surface area contributed by atoms with Gasteiger partial charge in [-0.1, -0.05) is 20.3 Å². The molecule has 0 saturated carbocycles. The molecule has 112 valence electrons. The van der Waals surface area contributed by atoms with Crippen molar-refractivity contribution < 1.29 is 0 Å². The first-order valence-electron chi connectivity index (χ1n) is 7.24. The molecule has 3 rings (SSSR count). The van der Waals surface area contributed by atoms with Crippen LogP contribution in [0.3, 0.4) is 0 Å². The normalized spacial score (nSPS) is 18.0. The van der Waals surface area contributed by atoms with Crippen molar-refractivity contribution in [1.82, 2.24) is 24.5 Å². The van der Waals surface area contributed by atoms with Crippen LogP contribution in [0.15, 0.2) is 18.7 Å². The molecule has 0 aromatic carbocycles. The second-order valence-electron chi connectivity index (χ2n) is 5.83. The Morgan fingerprint density at radius 3 is 2.52 bits per heavy atom. The highest BCUT2D eigenvalue weighted by atomic mass is 35.5. The first kappa shape index (κ1) is 14.3. The predicted octanol–water partition coefficient (Wildman–Crippen LogP) is 2.73. The van der Waals surface area contributed by atoms with E-state index in [1.807, 2.05) is 0 Å². The zero-order valence-corrected chi connectivity index (χ0v) is 13.1. The molecule has 6 nitrogen and oxygen atoms in total. The van der Waals surface area contributed by atoms with E-state index in [1.165, 1.54) is 6.42 Å². The number of hydrogen-bond acceptors (Lipinski definition) is 5. The van der Waals surface area contributed by atoms with E-state index in [9.17, 15) is 0 Å². The van der Waals surface area contributed by atoms with Crippen molar-refractivity contribution in [3.8, 4) is 5.95 Å². The van der Waals surface area contributed by atoms with Crippen molar-refractivity contribution in [1.29, 1.82) is 0 Å². The van der Waals surface area contributed by atoms with Gasteiger partial charge in [0.05, 0.1) is 0 Å². The number of rotatable bonds is 3. The highest BCUT2D eigenvalue weighted by Gasteiger charge is 2.29. The number of piperidine rings is 1. The maximum Gasteiger partial charge on any atom is 0.241 e. The molecule has 0 amide bonds. The Bertz CT molecular complexity index is 604. The van der Waals surface area contributed by atoms with Gasteiger partial charge in [-0.25, -0.2) is 4.98 Å². The highest BCUT2D eigenvalue weighted by molar-refractivity contribution is 6.28. The van der Waals surface area contributed by atoms with Crippen LogP contribution >= 0.6 is 11.6 Å². The lowest BCUT2D eigenvalue weighted by Crippen LogP contribution is -2.39. The SMILES string of the molecule is CCC1(C)CCN(c2nc(Cl)nc(-n3ccnc3)n2)CC1. The summed E-state index contributed by atoms with van der Waals surface area (Å²) in [6.45, 7) is 6.51. The van der Waals surface area contributed by atoms with Crippen LogP contribution in [0.1, 0.15) is 33.1 Å². The van der Waals surface area contributed by atoms with Gasteiger partial charge in [-0.05, 0) is 29.9 Å². The average Bonchev–Trinajstić information content (AvgIpc) is 3.02. The predicted molar refractivity (Wildman–Crippen MR) is 81.8 cm³/mol. The summed E-state index contributed by atoms with van der Waals surface area (Å²) in [5, 5.41) is 0.215. The third-order valence-corrected chi connectivity index (χ3v) is 4.60. The van der Waals surface area contributed by atoms with Gasteiger partial charge in [0.15, 0.2) is 0 Å². The maximum absolute atomic E-state index is 6.05. The third kappa shape index (κ3) is 3.00. The smallest absolute Gasteiger partial charge is 0.241 e. The summed E-state index contributed by atoms with van der Waals surface area (Å²) < 4.78 is 1.73. The van der Waals surface area contributed by atoms with E-state index in [-0.39, 0.29) is 5.28 Å². The Labute approximate surface area is 129 Å².